The van der Waals surface area contributed by atoms with Crippen LogP contribution < -0.4 is 16.4 Å². The highest BCUT2D eigenvalue weighted by Gasteiger charge is 2.18. The maximum absolute atomic E-state index is 12.3. The quantitative estimate of drug-likeness (QED) is 0.468. The van der Waals surface area contributed by atoms with E-state index in [0.29, 0.717) is 22.2 Å². The first-order chi connectivity index (χ1) is 14.4. The number of amidine groups is 1. The molecule has 1 aliphatic heterocycles. The molecule has 0 saturated heterocycles. The first kappa shape index (κ1) is 22.1. The van der Waals surface area contributed by atoms with E-state index < -0.39 is 0 Å². The minimum Gasteiger partial charge on any atom is -0.371 e. The fourth-order valence-corrected chi connectivity index (χ4v) is 3.99. The van der Waals surface area contributed by atoms with Crippen LogP contribution in [0, 0.1) is 6.92 Å². The first-order valence-electron chi connectivity index (χ1n) is 9.76. The maximum Gasteiger partial charge on any atom is 0.231 e. The molecule has 1 heterocycles. The Kier molecular flexibility index (Phi) is 7.34. The summed E-state index contributed by atoms with van der Waals surface area (Å²) in [5.41, 5.74) is 9.88. The van der Waals surface area contributed by atoms with Gasteiger partial charge in [-0.05, 0) is 41.3 Å². The summed E-state index contributed by atoms with van der Waals surface area (Å²) in [7, 11) is 0. The Labute approximate surface area is 186 Å². The van der Waals surface area contributed by atoms with Crippen molar-refractivity contribution in [2.24, 2.45) is 15.7 Å². The second-order valence-corrected chi connectivity index (χ2v) is 7.99. The van der Waals surface area contributed by atoms with E-state index in [-0.39, 0.29) is 24.2 Å². The van der Waals surface area contributed by atoms with Crippen molar-refractivity contribution in [1.82, 2.24) is 10.6 Å². The van der Waals surface area contributed by atoms with E-state index in [1.54, 1.807) is 18.2 Å². The number of nitrogens with zero attached hydrogens (tertiary/aromatic N) is 2. The number of carbonyl (C=O) groups is 1. The second-order valence-electron chi connectivity index (χ2n) is 7.17. The topological polar surface area (TPSA) is 91.9 Å². The molecule has 0 spiro atoms. The Morgan fingerprint density at radius 1 is 1.27 bits per heavy atom. The van der Waals surface area contributed by atoms with Gasteiger partial charge in [-0.3, -0.25) is 15.1 Å². The average Bonchev–Trinajstić information content (AvgIpc) is 3.24. The van der Waals surface area contributed by atoms with Crippen LogP contribution in [0.15, 0.2) is 46.4 Å². The maximum atomic E-state index is 12.3. The van der Waals surface area contributed by atoms with Crippen molar-refractivity contribution in [3.8, 4) is 0 Å². The standard InChI is InChI=1S/C22H25Cl2N5O/c1-13-15(5-3-6-16(13)14(2)21-26-9-10-27-21)12-28-22(25)29-20(30)11-17-18(23)7-4-8-19(17)24/h3-8,14H,9-12H2,1-2H3,(H,26,27)(H3,25,28,29,30)/t14-/m0/s1. The van der Waals surface area contributed by atoms with Gasteiger partial charge in [0.1, 0.15) is 5.84 Å². The molecule has 30 heavy (non-hydrogen) atoms. The lowest BCUT2D eigenvalue weighted by Crippen LogP contribution is -2.37. The Morgan fingerprint density at radius 2 is 1.97 bits per heavy atom. The van der Waals surface area contributed by atoms with Gasteiger partial charge in [-0.25, -0.2) is 4.99 Å². The highest BCUT2D eigenvalue weighted by molar-refractivity contribution is 6.36. The van der Waals surface area contributed by atoms with Crippen LogP contribution in [0.25, 0.3) is 0 Å². The molecule has 2 aromatic rings. The molecule has 3 rings (SSSR count). The summed E-state index contributed by atoms with van der Waals surface area (Å²) >= 11 is 12.2. The number of rotatable bonds is 6. The molecule has 0 fully saturated rings. The van der Waals surface area contributed by atoms with Gasteiger partial charge in [-0.1, -0.05) is 54.4 Å². The van der Waals surface area contributed by atoms with E-state index in [9.17, 15) is 4.79 Å². The highest BCUT2D eigenvalue weighted by atomic mass is 35.5. The van der Waals surface area contributed by atoms with Gasteiger partial charge in [-0.15, -0.1) is 0 Å². The van der Waals surface area contributed by atoms with E-state index in [1.807, 2.05) is 12.1 Å². The zero-order valence-electron chi connectivity index (χ0n) is 17.0. The number of amides is 1. The van der Waals surface area contributed by atoms with Crippen molar-refractivity contribution in [3.05, 3.63) is 68.7 Å². The van der Waals surface area contributed by atoms with Gasteiger partial charge >= 0.3 is 0 Å². The van der Waals surface area contributed by atoms with Gasteiger partial charge in [-0.2, -0.15) is 0 Å². The molecule has 0 unspecified atom stereocenters. The number of nitrogens with one attached hydrogen (secondary N) is 2. The summed E-state index contributed by atoms with van der Waals surface area (Å²) in [5.74, 6) is 0.941. The Bertz CT molecular complexity index is 983. The molecule has 158 valence electrons. The first-order valence-corrected chi connectivity index (χ1v) is 10.5. The van der Waals surface area contributed by atoms with E-state index in [4.69, 9.17) is 28.9 Å². The van der Waals surface area contributed by atoms with Gasteiger partial charge < -0.3 is 11.1 Å². The van der Waals surface area contributed by atoms with Gasteiger partial charge in [0.15, 0.2) is 5.96 Å². The number of guanidine groups is 1. The fourth-order valence-electron chi connectivity index (χ4n) is 3.46. The summed E-state index contributed by atoms with van der Waals surface area (Å²) in [5, 5.41) is 6.82. The molecule has 0 radical (unpaired) electrons. The molecule has 1 atom stereocenters. The number of hydrogen-bond donors (Lipinski definition) is 3. The normalized spacial score (nSPS) is 14.8. The number of hydrogen-bond acceptors (Lipinski definition) is 4. The van der Waals surface area contributed by atoms with E-state index >= 15 is 0 Å². The van der Waals surface area contributed by atoms with Crippen molar-refractivity contribution >= 4 is 40.9 Å². The van der Waals surface area contributed by atoms with Crippen molar-refractivity contribution < 1.29 is 4.79 Å². The third-order valence-corrected chi connectivity index (χ3v) is 5.86. The third kappa shape index (κ3) is 5.32. The predicted octanol–water partition coefficient (Wildman–Crippen LogP) is 3.58. The lowest BCUT2D eigenvalue weighted by molar-refractivity contribution is -0.119. The molecule has 2 aromatic carbocycles. The van der Waals surface area contributed by atoms with Gasteiger partial charge in [0, 0.05) is 22.5 Å². The number of carbonyl (C=O) groups excluding carboxylic acids is 1. The number of halogens is 2. The zero-order chi connectivity index (χ0) is 21.7. The van der Waals surface area contributed by atoms with Gasteiger partial charge in [0.2, 0.25) is 5.91 Å². The van der Waals surface area contributed by atoms with Crippen LogP contribution in [0.4, 0.5) is 0 Å². The summed E-state index contributed by atoms with van der Waals surface area (Å²) in [6, 6.07) is 11.2. The Hall–Kier alpha value is -2.57. The molecule has 4 N–H and O–H groups in total. The molecular formula is C22H25Cl2N5O. The zero-order valence-corrected chi connectivity index (χ0v) is 18.5. The Morgan fingerprint density at radius 3 is 2.63 bits per heavy atom. The predicted molar refractivity (Wildman–Crippen MR) is 124 cm³/mol. The molecule has 1 aliphatic rings. The molecule has 1 amide bonds. The van der Waals surface area contributed by atoms with Crippen molar-refractivity contribution in [2.45, 2.75) is 32.7 Å². The SMILES string of the molecule is Cc1c(CN=C(N)NC(=O)Cc2c(Cl)cccc2Cl)cccc1[C@H](C)C1=NCCN1. The van der Waals surface area contributed by atoms with Crippen LogP contribution in [0.1, 0.15) is 35.1 Å². The van der Waals surface area contributed by atoms with Gasteiger partial charge in [0.05, 0.1) is 19.5 Å². The van der Waals surface area contributed by atoms with Crippen molar-refractivity contribution in [3.63, 3.8) is 0 Å². The highest BCUT2D eigenvalue weighted by Crippen LogP contribution is 2.25. The minimum atomic E-state index is -0.323. The summed E-state index contributed by atoms with van der Waals surface area (Å²) in [4.78, 5) is 21.1. The third-order valence-electron chi connectivity index (χ3n) is 5.15. The number of benzene rings is 2. The van der Waals surface area contributed by atoms with E-state index in [1.165, 1.54) is 5.56 Å². The summed E-state index contributed by atoms with van der Waals surface area (Å²) in [6.45, 7) is 6.28. The average molecular weight is 446 g/mol. The molecular weight excluding hydrogens is 421 g/mol. The van der Waals surface area contributed by atoms with Crippen LogP contribution in [0.5, 0.6) is 0 Å². The molecule has 6 nitrogen and oxygen atoms in total. The molecule has 0 aliphatic carbocycles. The second kappa shape index (κ2) is 9.96. The van der Waals surface area contributed by atoms with E-state index in [0.717, 1.165) is 30.1 Å². The smallest absolute Gasteiger partial charge is 0.231 e. The van der Waals surface area contributed by atoms with Gasteiger partial charge in [0.25, 0.3) is 0 Å². The molecule has 0 saturated carbocycles. The molecule has 0 bridgehead atoms. The fraction of sp³-hybridized carbons (Fsp3) is 0.318. The molecule has 8 heteroatoms. The lowest BCUT2D eigenvalue weighted by atomic mass is 9.92. The Balaban J connectivity index is 1.65. The van der Waals surface area contributed by atoms with Crippen LogP contribution in [-0.4, -0.2) is 30.8 Å². The summed E-state index contributed by atoms with van der Waals surface area (Å²) in [6.07, 6.45) is 0.0237. The van der Waals surface area contributed by atoms with Crippen LogP contribution in [-0.2, 0) is 17.8 Å². The van der Waals surface area contributed by atoms with Crippen LogP contribution >= 0.6 is 23.2 Å². The monoisotopic (exact) mass is 445 g/mol. The summed E-state index contributed by atoms with van der Waals surface area (Å²) < 4.78 is 0. The van der Waals surface area contributed by atoms with Crippen LogP contribution in [0.3, 0.4) is 0 Å². The number of aliphatic imine (C=N–C) groups is 2. The van der Waals surface area contributed by atoms with E-state index in [2.05, 4.69) is 40.5 Å². The van der Waals surface area contributed by atoms with Crippen molar-refractivity contribution in [1.29, 1.82) is 0 Å². The minimum absolute atomic E-state index is 0.0237. The number of nitrogens with two attached hydrogens (primary N) is 1. The van der Waals surface area contributed by atoms with Crippen LogP contribution in [0.2, 0.25) is 10.0 Å². The largest absolute Gasteiger partial charge is 0.371 e. The van der Waals surface area contributed by atoms with Crippen molar-refractivity contribution in [2.75, 3.05) is 13.1 Å². The lowest BCUT2D eigenvalue weighted by Gasteiger charge is -2.17. The molecule has 0 aromatic heterocycles.